The Hall–Kier alpha value is -2.11. The topological polar surface area (TPSA) is 96.2 Å². The highest BCUT2D eigenvalue weighted by Crippen LogP contribution is 2.34. The largest absolute Gasteiger partial charge is 0.245 e. The first-order valence-electron chi connectivity index (χ1n) is 8.22. The predicted molar refractivity (Wildman–Crippen MR) is 95.3 cm³/mol. The monoisotopic (exact) mass is 365 g/mol. The van der Waals surface area contributed by atoms with E-state index in [4.69, 9.17) is 0 Å². The van der Waals surface area contributed by atoms with E-state index in [0.717, 1.165) is 25.7 Å². The molecule has 7 nitrogen and oxygen atoms in total. The molecule has 0 fully saturated rings. The van der Waals surface area contributed by atoms with Crippen LogP contribution in [-0.2, 0) is 19.6 Å². The van der Waals surface area contributed by atoms with Crippen molar-refractivity contribution in [1.82, 2.24) is 4.31 Å². The van der Waals surface area contributed by atoms with Crippen molar-refractivity contribution in [2.24, 2.45) is 9.98 Å². The Bertz CT molecular complexity index is 784. The van der Waals surface area contributed by atoms with Crippen LogP contribution in [0.5, 0.6) is 0 Å². The fraction of sp³-hybridized carbons (Fsp3) is 0.529. The molecule has 0 unspecified atom stereocenters. The van der Waals surface area contributed by atoms with Crippen LogP contribution >= 0.6 is 0 Å². The Balaban J connectivity index is 3.49. The quantitative estimate of drug-likeness (QED) is 0.468. The van der Waals surface area contributed by atoms with E-state index in [1.54, 1.807) is 6.92 Å². The van der Waals surface area contributed by atoms with Gasteiger partial charge in [0.25, 0.3) is 0 Å². The number of sulfonamides is 1. The predicted octanol–water partition coefficient (Wildman–Crippen LogP) is 3.52. The summed E-state index contributed by atoms with van der Waals surface area (Å²) in [4.78, 5) is 28.1. The van der Waals surface area contributed by atoms with Crippen LogP contribution in [-0.4, -0.2) is 38.0 Å². The number of hydrogen-bond acceptors (Lipinski definition) is 6. The lowest BCUT2D eigenvalue weighted by Gasteiger charge is -2.23. The molecule has 0 aliphatic rings. The number of hydrogen-bond donors (Lipinski definition) is 0. The average molecular weight is 365 g/mol. The molecule has 0 N–H and O–H groups in total. The van der Waals surface area contributed by atoms with Crippen LogP contribution in [0.15, 0.2) is 27.0 Å². The first-order valence-corrected chi connectivity index (χ1v) is 9.66. The smallest absolute Gasteiger partial charge is 0.211 e. The van der Waals surface area contributed by atoms with Gasteiger partial charge in [-0.05, 0) is 37.5 Å². The van der Waals surface area contributed by atoms with Crippen molar-refractivity contribution in [3.05, 3.63) is 17.7 Å². The molecule has 0 saturated carbocycles. The fourth-order valence-corrected chi connectivity index (χ4v) is 4.04. The highest BCUT2D eigenvalue weighted by molar-refractivity contribution is 7.89. The molecule has 8 heteroatoms. The zero-order chi connectivity index (χ0) is 18.9. The molecule has 0 bridgehead atoms. The van der Waals surface area contributed by atoms with Gasteiger partial charge in [-0.25, -0.2) is 18.0 Å². The fourth-order valence-electron chi connectivity index (χ4n) is 2.33. The van der Waals surface area contributed by atoms with Crippen molar-refractivity contribution in [3.63, 3.8) is 0 Å². The van der Waals surface area contributed by atoms with Gasteiger partial charge in [-0.15, -0.1) is 0 Å². The van der Waals surface area contributed by atoms with Crippen LogP contribution < -0.4 is 0 Å². The van der Waals surface area contributed by atoms with Crippen LogP contribution in [0, 0.1) is 6.92 Å². The van der Waals surface area contributed by atoms with Gasteiger partial charge in [-0.2, -0.15) is 14.3 Å². The maximum absolute atomic E-state index is 13.1. The summed E-state index contributed by atoms with van der Waals surface area (Å²) in [6.45, 7) is 6.41. The summed E-state index contributed by atoms with van der Waals surface area (Å²) in [5.41, 5.74) is 0.627. The van der Waals surface area contributed by atoms with Crippen LogP contribution in [0.25, 0.3) is 0 Å². The van der Waals surface area contributed by atoms with Gasteiger partial charge < -0.3 is 0 Å². The van der Waals surface area contributed by atoms with Gasteiger partial charge >= 0.3 is 0 Å². The molecule has 1 rings (SSSR count). The normalized spacial score (nSPS) is 11.0. The van der Waals surface area contributed by atoms with Crippen molar-refractivity contribution in [2.75, 3.05) is 13.1 Å². The molecule has 0 heterocycles. The summed E-state index contributed by atoms with van der Waals surface area (Å²) in [7, 11) is -3.83. The van der Waals surface area contributed by atoms with E-state index in [-0.39, 0.29) is 16.3 Å². The van der Waals surface area contributed by atoms with E-state index in [9.17, 15) is 18.0 Å². The van der Waals surface area contributed by atoms with Gasteiger partial charge in [-0.1, -0.05) is 26.7 Å². The lowest BCUT2D eigenvalue weighted by molar-refractivity contribution is 0.395. The second-order valence-corrected chi connectivity index (χ2v) is 7.53. The summed E-state index contributed by atoms with van der Waals surface area (Å²) < 4.78 is 27.6. The second kappa shape index (κ2) is 10.0. The molecule has 0 atom stereocenters. The number of unbranched alkanes of at least 4 members (excludes halogenated alkanes) is 2. The molecule has 0 saturated heterocycles. The van der Waals surface area contributed by atoms with Gasteiger partial charge in [-0.3, -0.25) is 0 Å². The molecule has 1 aromatic carbocycles. The van der Waals surface area contributed by atoms with Crippen molar-refractivity contribution in [2.45, 2.75) is 51.3 Å². The number of aliphatic imine (C=N–C) groups is 2. The molecular weight excluding hydrogens is 342 g/mol. The molecular formula is C17H23N3O4S. The van der Waals surface area contributed by atoms with Crippen molar-refractivity contribution in [3.8, 4) is 0 Å². The maximum atomic E-state index is 13.1. The molecule has 0 aliphatic carbocycles. The lowest BCUT2D eigenvalue weighted by Crippen LogP contribution is -2.33. The van der Waals surface area contributed by atoms with Crippen molar-refractivity contribution < 1.29 is 18.0 Å². The Labute approximate surface area is 148 Å². The summed E-state index contributed by atoms with van der Waals surface area (Å²) in [5.74, 6) is 0. The molecule has 25 heavy (non-hydrogen) atoms. The zero-order valence-corrected chi connectivity index (χ0v) is 15.6. The van der Waals surface area contributed by atoms with Crippen molar-refractivity contribution >= 4 is 33.6 Å². The molecule has 1 aromatic rings. The first kappa shape index (κ1) is 20.9. The molecule has 136 valence electrons. The van der Waals surface area contributed by atoms with Crippen LogP contribution in [0.4, 0.5) is 11.4 Å². The number of benzene rings is 1. The summed E-state index contributed by atoms with van der Waals surface area (Å²) >= 11 is 0. The van der Waals surface area contributed by atoms with Crippen LogP contribution in [0.2, 0.25) is 0 Å². The number of aryl methyl sites for hydroxylation is 1. The summed E-state index contributed by atoms with van der Waals surface area (Å²) in [6.07, 6.45) is 5.97. The molecule has 0 amide bonds. The van der Waals surface area contributed by atoms with Crippen LogP contribution in [0.1, 0.15) is 45.1 Å². The van der Waals surface area contributed by atoms with E-state index < -0.39 is 10.0 Å². The minimum Gasteiger partial charge on any atom is -0.211 e. The molecule has 0 spiro atoms. The number of isocyanates is 2. The summed E-state index contributed by atoms with van der Waals surface area (Å²) in [6, 6.07) is 2.67. The Morgan fingerprint density at radius 1 is 0.960 bits per heavy atom. The van der Waals surface area contributed by atoms with E-state index in [2.05, 4.69) is 9.98 Å². The van der Waals surface area contributed by atoms with Gasteiger partial charge in [0.05, 0.1) is 11.4 Å². The van der Waals surface area contributed by atoms with Crippen molar-refractivity contribution in [1.29, 1.82) is 0 Å². The standard InChI is InChI=1S/C17H23N3O4S/c1-4-6-8-20(9-7-5-2)25(23,24)17-10-14(3)15(18-12-21)11-16(17)19-13-22/h10-11H,4-9H2,1-3H3. The Morgan fingerprint density at radius 3 is 1.96 bits per heavy atom. The average Bonchev–Trinajstić information content (AvgIpc) is 2.57. The number of carbonyl (C=O) groups excluding carboxylic acids is 2. The molecule has 0 radical (unpaired) electrons. The van der Waals surface area contributed by atoms with Gasteiger partial charge in [0.15, 0.2) is 0 Å². The second-order valence-electron chi connectivity index (χ2n) is 5.62. The summed E-state index contributed by atoms with van der Waals surface area (Å²) in [5, 5.41) is 0. The first-order chi connectivity index (χ1) is 11.9. The number of rotatable bonds is 10. The third kappa shape index (κ3) is 5.44. The third-order valence-corrected chi connectivity index (χ3v) is 5.68. The minimum absolute atomic E-state index is 0.0763. The Kier molecular flexibility index (Phi) is 8.38. The SMILES string of the molecule is CCCCN(CCCC)S(=O)(=O)c1cc(C)c(N=C=O)cc1N=C=O. The van der Waals surface area contributed by atoms with Crippen LogP contribution in [0.3, 0.4) is 0 Å². The number of nitrogens with zero attached hydrogens (tertiary/aromatic N) is 3. The Morgan fingerprint density at radius 2 is 1.48 bits per heavy atom. The maximum Gasteiger partial charge on any atom is 0.245 e. The zero-order valence-electron chi connectivity index (χ0n) is 14.8. The van der Waals surface area contributed by atoms with E-state index >= 15 is 0 Å². The van der Waals surface area contributed by atoms with E-state index in [1.807, 2.05) is 13.8 Å². The van der Waals surface area contributed by atoms with E-state index in [1.165, 1.54) is 28.6 Å². The highest BCUT2D eigenvalue weighted by Gasteiger charge is 2.27. The van der Waals surface area contributed by atoms with Gasteiger partial charge in [0.2, 0.25) is 22.2 Å². The lowest BCUT2D eigenvalue weighted by atomic mass is 10.2. The van der Waals surface area contributed by atoms with Gasteiger partial charge in [0.1, 0.15) is 4.90 Å². The molecule has 0 aliphatic heterocycles. The highest BCUT2D eigenvalue weighted by atomic mass is 32.2. The molecule has 0 aromatic heterocycles. The third-order valence-electron chi connectivity index (χ3n) is 3.75. The minimum atomic E-state index is -3.83. The van der Waals surface area contributed by atoms with Gasteiger partial charge in [0, 0.05) is 13.1 Å². The van der Waals surface area contributed by atoms with E-state index in [0.29, 0.717) is 18.7 Å².